The van der Waals surface area contributed by atoms with Gasteiger partial charge in [-0.15, -0.1) is 0 Å². The summed E-state index contributed by atoms with van der Waals surface area (Å²) >= 11 is 0. The van der Waals surface area contributed by atoms with Crippen molar-refractivity contribution in [2.75, 3.05) is 18.4 Å². The topological polar surface area (TPSA) is 95.6 Å². The van der Waals surface area contributed by atoms with E-state index in [0.717, 1.165) is 31.2 Å². The molecule has 8 heteroatoms. The van der Waals surface area contributed by atoms with Crippen LogP contribution in [-0.4, -0.2) is 47.5 Å². The number of benzene rings is 2. The van der Waals surface area contributed by atoms with E-state index in [9.17, 15) is 23.6 Å². The fourth-order valence-corrected chi connectivity index (χ4v) is 4.99. The van der Waals surface area contributed by atoms with Crippen LogP contribution in [0.2, 0.25) is 0 Å². The zero-order chi connectivity index (χ0) is 27.8. The third-order valence-electron chi connectivity index (χ3n) is 7.04. The van der Waals surface area contributed by atoms with Crippen LogP contribution in [0.5, 0.6) is 0 Å². The first-order valence-corrected chi connectivity index (χ1v) is 13.3. The number of rotatable bonds is 10. The monoisotopic (exact) mass is 523 g/mol. The second kappa shape index (κ2) is 13.3. The van der Waals surface area contributed by atoms with Crippen LogP contribution >= 0.6 is 0 Å². The molecule has 0 aliphatic carbocycles. The highest BCUT2D eigenvalue weighted by molar-refractivity contribution is 6.02. The molecule has 3 amide bonds. The number of likely N-dealkylation sites (tertiary alicyclic amines) is 1. The number of nitrogens with one attached hydrogen (secondary N) is 2. The highest BCUT2D eigenvalue weighted by atomic mass is 19.1. The first-order valence-electron chi connectivity index (χ1n) is 13.3. The van der Waals surface area contributed by atoms with Gasteiger partial charge in [-0.3, -0.25) is 14.4 Å². The fraction of sp³-hybridized carbons (Fsp3) is 0.467. The molecule has 1 heterocycles. The number of piperidine rings is 1. The zero-order valence-corrected chi connectivity index (χ0v) is 22.7. The van der Waals surface area contributed by atoms with Crippen molar-refractivity contribution in [1.29, 1.82) is 0 Å². The number of urea groups is 1. The summed E-state index contributed by atoms with van der Waals surface area (Å²) in [7, 11) is 0. The molecule has 1 aliphatic heterocycles. The number of Topliss-reactive ketones (excluding diaryl/α,β-unsaturated/α-hetero) is 2. The van der Waals surface area contributed by atoms with Gasteiger partial charge in [0.1, 0.15) is 5.82 Å². The van der Waals surface area contributed by atoms with E-state index in [1.807, 2.05) is 30.9 Å². The van der Waals surface area contributed by atoms with Gasteiger partial charge in [0.25, 0.3) is 0 Å². The molecule has 204 valence electrons. The average molecular weight is 524 g/mol. The van der Waals surface area contributed by atoms with Crippen LogP contribution in [0.3, 0.4) is 0 Å². The van der Waals surface area contributed by atoms with E-state index in [0.29, 0.717) is 42.2 Å². The lowest BCUT2D eigenvalue weighted by Crippen LogP contribution is -2.48. The van der Waals surface area contributed by atoms with E-state index in [2.05, 4.69) is 10.6 Å². The third-order valence-corrected chi connectivity index (χ3v) is 7.04. The molecule has 1 aliphatic rings. The minimum Gasteiger partial charge on any atom is -0.339 e. The number of amides is 3. The second-order valence-corrected chi connectivity index (χ2v) is 10.5. The fourth-order valence-electron chi connectivity index (χ4n) is 4.99. The van der Waals surface area contributed by atoms with E-state index in [4.69, 9.17) is 0 Å². The Bertz CT molecular complexity index is 1130. The molecular formula is C30H38FN3O4. The van der Waals surface area contributed by atoms with Crippen molar-refractivity contribution < 1.29 is 23.6 Å². The maximum absolute atomic E-state index is 13.3. The molecule has 0 aromatic heterocycles. The number of hydrogen-bond acceptors (Lipinski definition) is 4. The molecule has 2 aromatic carbocycles. The molecule has 2 aromatic rings. The summed E-state index contributed by atoms with van der Waals surface area (Å²) in [6, 6.07) is 10.9. The van der Waals surface area contributed by atoms with Gasteiger partial charge in [0.15, 0.2) is 11.6 Å². The lowest BCUT2D eigenvalue weighted by molar-refractivity contribution is -0.139. The normalized spacial score (nSPS) is 17.3. The molecule has 7 nitrogen and oxygen atoms in total. The summed E-state index contributed by atoms with van der Waals surface area (Å²) in [4.78, 5) is 50.9. The summed E-state index contributed by atoms with van der Waals surface area (Å²) in [5.74, 6) is -0.161. The van der Waals surface area contributed by atoms with Crippen molar-refractivity contribution in [2.24, 2.45) is 11.8 Å². The number of anilines is 1. The molecule has 1 fully saturated rings. The number of halogens is 1. The van der Waals surface area contributed by atoms with E-state index in [1.165, 1.54) is 32.0 Å². The van der Waals surface area contributed by atoms with Gasteiger partial charge in [0.05, 0.1) is 0 Å². The molecule has 0 saturated carbocycles. The summed E-state index contributed by atoms with van der Waals surface area (Å²) in [6.45, 7) is 7.76. The Morgan fingerprint density at radius 1 is 1.00 bits per heavy atom. The smallest absolute Gasteiger partial charge is 0.319 e. The van der Waals surface area contributed by atoms with Crippen molar-refractivity contribution in [3.05, 3.63) is 65.0 Å². The largest absolute Gasteiger partial charge is 0.339 e. The number of carbonyl (C=O) groups is 4. The Hall–Kier alpha value is -3.55. The van der Waals surface area contributed by atoms with Crippen molar-refractivity contribution in [3.63, 3.8) is 0 Å². The molecule has 38 heavy (non-hydrogen) atoms. The van der Waals surface area contributed by atoms with Crippen LogP contribution in [0, 0.1) is 17.7 Å². The van der Waals surface area contributed by atoms with Crippen molar-refractivity contribution in [2.45, 2.75) is 65.8 Å². The highest BCUT2D eigenvalue weighted by Crippen LogP contribution is 2.29. The average Bonchev–Trinajstić information content (AvgIpc) is 2.87. The van der Waals surface area contributed by atoms with E-state index in [1.54, 1.807) is 12.1 Å². The maximum atomic E-state index is 13.3. The Kier molecular flexibility index (Phi) is 10.2. The van der Waals surface area contributed by atoms with Crippen LogP contribution in [-0.2, 0) is 11.2 Å². The molecule has 1 saturated heterocycles. The van der Waals surface area contributed by atoms with E-state index in [-0.39, 0.29) is 35.3 Å². The molecule has 0 bridgehead atoms. The molecule has 3 rings (SSSR count). The lowest BCUT2D eigenvalue weighted by atomic mass is 9.84. The van der Waals surface area contributed by atoms with E-state index >= 15 is 0 Å². The Balaban J connectivity index is 1.55. The summed E-state index contributed by atoms with van der Waals surface area (Å²) in [5, 5.41) is 5.54. The molecule has 0 radical (unpaired) electrons. The quantitative estimate of drug-likeness (QED) is 0.311. The van der Waals surface area contributed by atoms with Gasteiger partial charge in [-0.2, -0.15) is 0 Å². The van der Waals surface area contributed by atoms with Gasteiger partial charge in [-0.25, -0.2) is 9.18 Å². The summed E-state index contributed by atoms with van der Waals surface area (Å²) in [6.07, 6.45) is 4.08. The molecule has 0 unspecified atom stereocenters. The van der Waals surface area contributed by atoms with Gasteiger partial charge in [-0.1, -0.05) is 26.0 Å². The molecule has 0 spiro atoms. The van der Waals surface area contributed by atoms with Crippen LogP contribution < -0.4 is 10.6 Å². The zero-order valence-electron chi connectivity index (χ0n) is 22.7. The number of ketones is 2. The van der Waals surface area contributed by atoms with Crippen molar-refractivity contribution in [3.8, 4) is 0 Å². The van der Waals surface area contributed by atoms with Crippen LogP contribution in [0.15, 0.2) is 42.5 Å². The molecule has 2 N–H and O–H groups in total. The Morgan fingerprint density at radius 3 is 2.21 bits per heavy atom. The van der Waals surface area contributed by atoms with Gasteiger partial charge in [0.2, 0.25) is 5.91 Å². The van der Waals surface area contributed by atoms with Gasteiger partial charge in [0, 0.05) is 41.9 Å². The SMILES string of the molecule is CC(=O)c1cc(NC(=O)NCCC[C@H]2C[C@H](Cc3ccc(F)cc3)CCN2C(=O)C(C)C)cc(C(C)=O)c1. The minimum absolute atomic E-state index is 0.0827. The van der Waals surface area contributed by atoms with Crippen molar-refractivity contribution in [1.82, 2.24) is 10.2 Å². The Labute approximate surface area is 224 Å². The number of carbonyl (C=O) groups excluding carboxylic acids is 4. The van der Waals surface area contributed by atoms with Crippen LogP contribution in [0.4, 0.5) is 14.9 Å². The summed E-state index contributed by atoms with van der Waals surface area (Å²) < 4.78 is 13.3. The standard InChI is InChI=1S/C30H38FN3O4/c1-19(2)29(37)34-13-11-23(14-22-7-9-26(31)10-8-22)15-28(34)6-5-12-32-30(38)33-27-17-24(20(3)35)16-25(18-27)21(4)36/h7-10,16-19,23,28H,5-6,11-15H2,1-4H3,(H2,32,33,38)/t23-,28-/m0/s1. The van der Waals surface area contributed by atoms with Crippen LogP contribution in [0.1, 0.15) is 79.7 Å². The predicted octanol–water partition coefficient (Wildman–Crippen LogP) is 5.64. The van der Waals surface area contributed by atoms with Gasteiger partial charge >= 0.3 is 6.03 Å². The maximum Gasteiger partial charge on any atom is 0.319 e. The second-order valence-electron chi connectivity index (χ2n) is 10.5. The number of hydrogen-bond donors (Lipinski definition) is 2. The number of nitrogens with zero attached hydrogens (tertiary/aromatic N) is 1. The lowest BCUT2D eigenvalue weighted by Gasteiger charge is -2.41. The van der Waals surface area contributed by atoms with Crippen molar-refractivity contribution >= 4 is 29.2 Å². The first kappa shape index (κ1) is 29.0. The van der Waals surface area contributed by atoms with E-state index < -0.39 is 6.03 Å². The summed E-state index contributed by atoms with van der Waals surface area (Å²) in [5.41, 5.74) is 2.19. The minimum atomic E-state index is -0.423. The van der Waals surface area contributed by atoms with Gasteiger partial charge < -0.3 is 15.5 Å². The highest BCUT2D eigenvalue weighted by Gasteiger charge is 2.32. The molecule has 2 atom stereocenters. The first-order chi connectivity index (χ1) is 18.0. The third kappa shape index (κ3) is 8.23. The molecular weight excluding hydrogens is 485 g/mol. The van der Waals surface area contributed by atoms with Gasteiger partial charge in [-0.05, 0) is 87.8 Å². The predicted molar refractivity (Wildman–Crippen MR) is 146 cm³/mol. The Morgan fingerprint density at radius 2 is 1.63 bits per heavy atom. The van der Waals surface area contributed by atoms with Crippen LogP contribution in [0.25, 0.3) is 0 Å².